The van der Waals surface area contributed by atoms with Crippen molar-refractivity contribution in [3.8, 4) is 16.9 Å². The Morgan fingerprint density at radius 1 is 0.929 bits per heavy atom. The van der Waals surface area contributed by atoms with E-state index in [0.29, 0.717) is 41.8 Å². The average Bonchev–Trinajstić information content (AvgIpc) is 2.98. The van der Waals surface area contributed by atoms with E-state index in [2.05, 4.69) is 29.0 Å². The molecule has 42 heavy (non-hydrogen) atoms. The summed E-state index contributed by atoms with van der Waals surface area (Å²) in [6.45, 7) is 14.4. The molecule has 0 unspecified atom stereocenters. The quantitative estimate of drug-likeness (QED) is 0.219. The molecule has 0 aliphatic rings. The Bertz CT molecular complexity index is 1610. The molecule has 222 valence electrons. The lowest BCUT2D eigenvalue weighted by molar-refractivity contribution is 0.0773. The number of amides is 1. The van der Waals surface area contributed by atoms with E-state index in [1.54, 1.807) is 23.1 Å². The maximum absolute atomic E-state index is 15.0. The minimum Gasteiger partial charge on any atom is -0.354 e. The van der Waals surface area contributed by atoms with Gasteiger partial charge in [-0.15, -0.1) is 0 Å². The molecule has 1 N–H and O–H groups in total. The van der Waals surface area contributed by atoms with Crippen LogP contribution in [0.1, 0.15) is 50.0 Å². The molecule has 0 bridgehead atoms. The molecule has 1 amide bonds. The molecule has 4 rings (SSSR count). The second-order valence-electron chi connectivity index (χ2n) is 10.0. The van der Waals surface area contributed by atoms with Crippen LogP contribution >= 0.6 is 0 Å². The Labute approximate surface area is 245 Å². The van der Waals surface area contributed by atoms with Crippen molar-refractivity contribution in [2.24, 2.45) is 0 Å². The van der Waals surface area contributed by atoms with Crippen molar-refractivity contribution in [2.75, 3.05) is 44.6 Å². The third-order valence-electron chi connectivity index (χ3n) is 7.53. The number of aromatic nitrogens is 3. The minimum absolute atomic E-state index is 0.0580. The lowest BCUT2D eigenvalue weighted by Gasteiger charge is -2.20. The van der Waals surface area contributed by atoms with Crippen LogP contribution in [0.5, 0.6) is 0 Å². The Morgan fingerprint density at radius 2 is 1.62 bits per heavy atom. The molecule has 0 fully saturated rings. The van der Waals surface area contributed by atoms with Crippen LogP contribution in [-0.4, -0.2) is 69.5 Å². The van der Waals surface area contributed by atoms with Gasteiger partial charge in [0.25, 0.3) is 11.5 Å². The first kappa shape index (κ1) is 30.8. The van der Waals surface area contributed by atoms with Crippen LogP contribution in [0, 0.1) is 18.6 Å². The molecular weight excluding hydrogens is 538 g/mol. The number of halogens is 2. The summed E-state index contributed by atoms with van der Waals surface area (Å²) in [4.78, 5) is 39.8. The standard InChI is InChI=1S/C32H38F2N6O2/c1-6-38(7-2)19-11-18-35-32-36-28(24-20-22(15-14-21(24)5)31(42)39(8-3)9-4)23-16-17-27(41)40(30(23)37-32)29-25(33)12-10-13-26(29)34/h10,12-17,20H,6-9,11,18-19H2,1-5H3,(H,35,36,37). The van der Waals surface area contributed by atoms with Crippen LogP contribution in [0.25, 0.3) is 28.0 Å². The van der Waals surface area contributed by atoms with Gasteiger partial charge in [-0.2, -0.15) is 4.98 Å². The zero-order valence-corrected chi connectivity index (χ0v) is 24.9. The van der Waals surface area contributed by atoms with Gasteiger partial charge >= 0.3 is 0 Å². The maximum atomic E-state index is 15.0. The largest absolute Gasteiger partial charge is 0.354 e. The summed E-state index contributed by atoms with van der Waals surface area (Å²) in [7, 11) is 0. The molecular formula is C32H38F2N6O2. The van der Waals surface area contributed by atoms with Crippen molar-refractivity contribution < 1.29 is 13.6 Å². The van der Waals surface area contributed by atoms with E-state index < -0.39 is 22.9 Å². The molecule has 0 aliphatic heterocycles. The molecule has 8 nitrogen and oxygen atoms in total. The molecule has 0 atom stereocenters. The molecule has 2 heterocycles. The number of pyridine rings is 1. The van der Waals surface area contributed by atoms with E-state index in [1.807, 2.05) is 26.8 Å². The Hall–Kier alpha value is -4.18. The van der Waals surface area contributed by atoms with E-state index in [0.717, 1.165) is 48.3 Å². The summed E-state index contributed by atoms with van der Waals surface area (Å²) >= 11 is 0. The van der Waals surface area contributed by atoms with E-state index >= 15 is 8.78 Å². The summed E-state index contributed by atoms with van der Waals surface area (Å²) in [5.41, 5.74) is 1.36. The Kier molecular flexibility index (Phi) is 10.0. The van der Waals surface area contributed by atoms with Crippen molar-refractivity contribution >= 4 is 22.9 Å². The first-order valence-electron chi connectivity index (χ1n) is 14.5. The van der Waals surface area contributed by atoms with E-state index in [-0.39, 0.29) is 17.5 Å². The van der Waals surface area contributed by atoms with E-state index in [9.17, 15) is 9.59 Å². The molecule has 0 radical (unpaired) electrons. The van der Waals surface area contributed by atoms with Crippen LogP contribution in [-0.2, 0) is 0 Å². The normalized spacial score (nSPS) is 11.3. The first-order valence-corrected chi connectivity index (χ1v) is 14.5. The topological polar surface area (TPSA) is 83.4 Å². The van der Waals surface area contributed by atoms with Gasteiger partial charge in [0.1, 0.15) is 17.3 Å². The fourth-order valence-corrected chi connectivity index (χ4v) is 5.06. The molecule has 0 aliphatic carbocycles. The molecule has 4 aromatic rings. The number of carbonyl (C=O) groups is 1. The van der Waals surface area contributed by atoms with Crippen LogP contribution in [0.2, 0.25) is 0 Å². The number of aryl methyl sites for hydroxylation is 1. The number of nitrogens with one attached hydrogen (secondary N) is 1. The molecule has 2 aromatic carbocycles. The second kappa shape index (κ2) is 13.7. The summed E-state index contributed by atoms with van der Waals surface area (Å²) in [5.74, 6) is -1.67. The smallest absolute Gasteiger partial charge is 0.256 e. The van der Waals surface area contributed by atoms with Crippen molar-refractivity contribution in [2.45, 2.75) is 41.0 Å². The Morgan fingerprint density at radius 3 is 2.26 bits per heavy atom. The Balaban J connectivity index is 1.93. The van der Waals surface area contributed by atoms with Crippen molar-refractivity contribution in [3.63, 3.8) is 0 Å². The number of fused-ring (bicyclic) bond motifs is 1. The zero-order valence-electron chi connectivity index (χ0n) is 24.9. The molecule has 0 saturated heterocycles. The number of anilines is 1. The summed E-state index contributed by atoms with van der Waals surface area (Å²) < 4.78 is 31.0. The average molecular weight is 577 g/mol. The van der Waals surface area contributed by atoms with Crippen molar-refractivity contribution in [1.82, 2.24) is 24.3 Å². The first-order chi connectivity index (χ1) is 20.2. The third-order valence-corrected chi connectivity index (χ3v) is 7.53. The van der Waals surface area contributed by atoms with Crippen LogP contribution in [0.15, 0.2) is 53.3 Å². The lowest BCUT2D eigenvalue weighted by Crippen LogP contribution is -2.30. The van der Waals surface area contributed by atoms with Crippen LogP contribution in [0.4, 0.5) is 14.7 Å². The predicted octanol–water partition coefficient (Wildman–Crippen LogP) is 5.66. The van der Waals surface area contributed by atoms with Gasteiger partial charge in [0.05, 0.1) is 5.69 Å². The number of hydrogen-bond acceptors (Lipinski definition) is 6. The summed E-state index contributed by atoms with van der Waals surface area (Å²) in [6.07, 6.45) is 0.814. The van der Waals surface area contributed by atoms with Crippen molar-refractivity contribution in [1.29, 1.82) is 0 Å². The second-order valence-corrected chi connectivity index (χ2v) is 10.0. The molecule has 0 spiro atoms. The SMILES string of the molecule is CCN(CC)CCCNc1nc(-c2cc(C(=O)N(CC)CC)ccc2C)c2ccc(=O)n(-c3c(F)cccc3F)c2n1. The van der Waals surface area contributed by atoms with Gasteiger partial charge < -0.3 is 15.1 Å². The van der Waals surface area contributed by atoms with Gasteiger partial charge in [-0.05, 0) is 82.7 Å². The third kappa shape index (κ3) is 6.33. The van der Waals surface area contributed by atoms with Gasteiger partial charge in [0.2, 0.25) is 5.95 Å². The number of nitrogens with zero attached hydrogens (tertiary/aromatic N) is 5. The number of benzene rings is 2. The monoisotopic (exact) mass is 576 g/mol. The fraction of sp³-hybridized carbons (Fsp3) is 0.375. The number of para-hydroxylation sites is 1. The van der Waals surface area contributed by atoms with Crippen LogP contribution in [0.3, 0.4) is 0 Å². The summed E-state index contributed by atoms with van der Waals surface area (Å²) in [6, 6.07) is 11.7. The van der Waals surface area contributed by atoms with Crippen LogP contribution < -0.4 is 10.9 Å². The minimum atomic E-state index is -0.888. The number of carbonyl (C=O) groups excluding carboxylic acids is 1. The van der Waals surface area contributed by atoms with Gasteiger partial charge in [0.15, 0.2) is 5.65 Å². The van der Waals surface area contributed by atoms with Gasteiger partial charge in [-0.1, -0.05) is 26.0 Å². The molecule has 2 aromatic heterocycles. The zero-order chi connectivity index (χ0) is 30.4. The fourth-order valence-electron chi connectivity index (χ4n) is 5.06. The summed E-state index contributed by atoms with van der Waals surface area (Å²) in [5, 5.41) is 3.66. The number of rotatable bonds is 12. The molecule has 10 heteroatoms. The highest BCUT2D eigenvalue weighted by atomic mass is 19.1. The maximum Gasteiger partial charge on any atom is 0.256 e. The predicted molar refractivity (Wildman–Crippen MR) is 163 cm³/mol. The highest BCUT2D eigenvalue weighted by Crippen LogP contribution is 2.32. The van der Waals surface area contributed by atoms with E-state index in [1.165, 1.54) is 12.1 Å². The van der Waals surface area contributed by atoms with Gasteiger partial charge in [-0.3, -0.25) is 14.2 Å². The van der Waals surface area contributed by atoms with Crippen molar-refractivity contribution in [3.05, 3.63) is 81.6 Å². The molecule has 0 saturated carbocycles. The number of hydrogen-bond donors (Lipinski definition) is 1. The van der Waals surface area contributed by atoms with Gasteiger partial charge in [0, 0.05) is 42.2 Å². The lowest BCUT2D eigenvalue weighted by atomic mass is 9.99. The highest BCUT2D eigenvalue weighted by Gasteiger charge is 2.21. The van der Waals surface area contributed by atoms with Gasteiger partial charge in [-0.25, -0.2) is 13.8 Å². The van der Waals surface area contributed by atoms with E-state index in [4.69, 9.17) is 4.98 Å². The highest BCUT2D eigenvalue weighted by molar-refractivity contribution is 5.98.